The van der Waals surface area contributed by atoms with Gasteiger partial charge in [-0.1, -0.05) is 18.0 Å². The molecule has 0 atom stereocenters. The molecule has 1 fully saturated rings. The van der Waals surface area contributed by atoms with E-state index in [1.807, 2.05) is 0 Å². The van der Waals surface area contributed by atoms with E-state index in [0.717, 1.165) is 12.8 Å². The zero-order valence-corrected chi connectivity index (χ0v) is 12.2. The fraction of sp³-hybridized carbons (Fsp3) is 0.438. The maximum absolute atomic E-state index is 12.9. The standard InChI is InChI=1S/C16H18FN3O2/c17-13-7-5-12(6-8-13)16-19-14(20-22-16)10-18-15(21)9-11-3-1-2-4-11/h5-8,11H,1-4,9-10H2,(H,18,21). The number of nitrogens with one attached hydrogen (secondary N) is 1. The fourth-order valence-electron chi connectivity index (χ4n) is 2.76. The predicted molar refractivity (Wildman–Crippen MR) is 78.1 cm³/mol. The number of hydrogen-bond donors (Lipinski definition) is 1. The topological polar surface area (TPSA) is 68.0 Å². The average Bonchev–Trinajstić information content (AvgIpc) is 3.17. The van der Waals surface area contributed by atoms with Gasteiger partial charge in [-0.15, -0.1) is 0 Å². The van der Waals surface area contributed by atoms with Crippen molar-refractivity contribution >= 4 is 5.91 Å². The van der Waals surface area contributed by atoms with Crippen molar-refractivity contribution < 1.29 is 13.7 Å². The second kappa shape index (κ2) is 6.68. The van der Waals surface area contributed by atoms with Crippen LogP contribution in [0.25, 0.3) is 11.5 Å². The molecule has 3 rings (SSSR count). The summed E-state index contributed by atoms with van der Waals surface area (Å²) >= 11 is 0. The Hall–Kier alpha value is -2.24. The second-order valence-electron chi connectivity index (χ2n) is 5.65. The minimum absolute atomic E-state index is 0.0278. The van der Waals surface area contributed by atoms with Crippen LogP contribution in [0.4, 0.5) is 4.39 Å². The van der Waals surface area contributed by atoms with Crippen LogP contribution in [-0.2, 0) is 11.3 Å². The molecule has 1 heterocycles. The van der Waals surface area contributed by atoms with Crippen LogP contribution in [0.3, 0.4) is 0 Å². The van der Waals surface area contributed by atoms with Crippen molar-refractivity contribution in [3.05, 3.63) is 35.9 Å². The molecule has 1 aliphatic rings. The third-order valence-electron chi connectivity index (χ3n) is 3.95. The number of hydrogen-bond acceptors (Lipinski definition) is 4. The first-order valence-corrected chi connectivity index (χ1v) is 7.56. The Bertz CT molecular complexity index is 633. The molecule has 6 heteroatoms. The first kappa shape index (κ1) is 14.7. The van der Waals surface area contributed by atoms with E-state index in [9.17, 15) is 9.18 Å². The van der Waals surface area contributed by atoms with Crippen LogP contribution in [-0.4, -0.2) is 16.0 Å². The molecule has 0 bridgehead atoms. The predicted octanol–water partition coefficient (Wildman–Crippen LogP) is 3.07. The smallest absolute Gasteiger partial charge is 0.257 e. The summed E-state index contributed by atoms with van der Waals surface area (Å²) < 4.78 is 18.0. The first-order chi connectivity index (χ1) is 10.7. The molecule has 1 aliphatic carbocycles. The van der Waals surface area contributed by atoms with E-state index in [0.29, 0.717) is 29.6 Å². The highest BCUT2D eigenvalue weighted by Gasteiger charge is 2.18. The van der Waals surface area contributed by atoms with Gasteiger partial charge in [0.25, 0.3) is 5.89 Å². The Kier molecular flexibility index (Phi) is 4.46. The van der Waals surface area contributed by atoms with Gasteiger partial charge < -0.3 is 9.84 Å². The van der Waals surface area contributed by atoms with Gasteiger partial charge >= 0.3 is 0 Å². The average molecular weight is 303 g/mol. The molecule has 2 aromatic rings. The molecule has 0 spiro atoms. The summed E-state index contributed by atoms with van der Waals surface area (Å²) in [7, 11) is 0. The van der Waals surface area contributed by atoms with Crippen molar-refractivity contribution in [3.8, 4) is 11.5 Å². The lowest BCUT2D eigenvalue weighted by Gasteiger charge is -2.07. The van der Waals surface area contributed by atoms with E-state index >= 15 is 0 Å². The lowest BCUT2D eigenvalue weighted by Crippen LogP contribution is -2.25. The highest BCUT2D eigenvalue weighted by molar-refractivity contribution is 5.76. The normalized spacial score (nSPS) is 15.1. The third-order valence-corrected chi connectivity index (χ3v) is 3.95. The van der Waals surface area contributed by atoms with Crippen molar-refractivity contribution in [1.29, 1.82) is 0 Å². The Morgan fingerprint density at radius 1 is 1.27 bits per heavy atom. The second-order valence-corrected chi connectivity index (χ2v) is 5.65. The number of amides is 1. The van der Waals surface area contributed by atoms with Crippen LogP contribution < -0.4 is 5.32 Å². The highest BCUT2D eigenvalue weighted by atomic mass is 19.1. The zero-order chi connectivity index (χ0) is 15.4. The largest absolute Gasteiger partial charge is 0.349 e. The summed E-state index contributed by atoms with van der Waals surface area (Å²) in [5.74, 6) is 0.960. The van der Waals surface area contributed by atoms with Gasteiger partial charge in [-0.2, -0.15) is 4.98 Å². The third kappa shape index (κ3) is 3.69. The van der Waals surface area contributed by atoms with Gasteiger partial charge in [0.15, 0.2) is 5.82 Å². The van der Waals surface area contributed by atoms with Crippen LogP contribution in [0.15, 0.2) is 28.8 Å². The molecule has 0 saturated heterocycles. The van der Waals surface area contributed by atoms with E-state index in [1.165, 1.54) is 25.0 Å². The van der Waals surface area contributed by atoms with Gasteiger partial charge in [-0.05, 0) is 43.0 Å². The van der Waals surface area contributed by atoms with Crippen molar-refractivity contribution in [3.63, 3.8) is 0 Å². The molecule has 1 amide bonds. The number of benzene rings is 1. The van der Waals surface area contributed by atoms with Gasteiger partial charge in [0.05, 0.1) is 6.54 Å². The number of halogens is 1. The molecular weight excluding hydrogens is 285 g/mol. The number of carbonyl (C=O) groups is 1. The molecule has 22 heavy (non-hydrogen) atoms. The molecule has 1 N–H and O–H groups in total. The van der Waals surface area contributed by atoms with Gasteiger partial charge in [0.2, 0.25) is 5.91 Å². The van der Waals surface area contributed by atoms with Crippen molar-refractivity contribution in [1.82, 2.24) is 15.5 Å². The SMILES string of the molecule is O=C(CC1CCCC1)NCc1noc(-c2ccc(F)cc2)n1. The zero-order valence-electron chi connectivity index (χ0n) is 12.2. The van der Waals surface area contributed by atoms with E-state index in [1.54, 1.807) is 12.1 Å². The fourth-order valence-corrected chi connectivity index (χ4v) is 2.76. The summed E-state index contributed by atoms with van der Waals surface area (Å²) in [5, 5.41) is 6.64. The Balaban J connectivity index is 1.53. The summed E-state index contributed by atoms with van der Waals surface area (Å²) in [5.41, 5.74) is 0.650. The molecule has 1 aromatic heterocycles. The summed E-state index contributed by atoms with van der Waals surface area (Å²) in [6.07, 6.45) is 5.31. The van der Waals surface area contributed by atoms with Crippen LogP contribution in [0.5, 0.6) is 0 Å². The number of nitrogens with zero attached hydrogens (tertiary/aromatic N) is 2. The van der Waals surface area contributed by atoms with E-state index in [4.69, 9.17) is 4.52 Å². The first-order valence-electron chi connectivity index (χ1n) is 7.56. The molecule has 0 radical (unpaired) electrons. The molecule has 116 valence electrons. The number of rotatable bonds is 5. The van der Waals surface area contributed by atoms with Crippen LogP contribution in [0.2, 0.25) is 0 Å². The van der Waals surface area contributed by atoms with E-state index in [2.05, 4.69) is 15.5 Å². The Morgan fingerprint density at radius 2 is 2.00 bits per heavy atom. The number of carbonyl (C=O) groups excluding carboxylic acids is 1. The van der Waals surface area contributed by atoms with Crippen LogP contribution >= 0.6 is 0 Å². The maximum Gasteiger partial charge on any atom is 0.257 e. The monoisotopic (exact) mass is 303 g/mol. The molecule has 0 unspecified atom stereocenters. The molecular formula is C16H18FN3O2. The van der Waals surface area contributed by atoms with Crippen molar-refractivity contribution in [2.45, 2.75) is 38.6 Å². The summed E-state index contributed by atoms with van der Waals surface area (Å²) in [4.78, 5) is 16.0. The highest BCUT2D eigenvalue weighted by Crippen LogP contribution is 2.27. The quantitative estimate of drug-likeness (QED) is 0.921. The molecule has 1 saturated carbocycles. The minimum Gasteiger partial charge on any atom is -0.349 e. The molecule has 1 aromatic carbocycles. The summed E-state index contributed by atoms with van der Waals surface area (Å²) in [6.45, 7) is 0.246. The lowest BCUT2D eigenvalue weighted by atomic mass is 10.0. The lowest BCUT2D eigenvalue weighted by molar-refractivity contribution is -0.122. The van der Waals surface area contributed by atoms with Crippen molar-refractivity contribution in [2.24, 2.45) is 5.92 Å². The van der Waals surface area contributed by atoms with Gasteiger partial charge in [-0.25, -0.2) is 4.39 Å². The summed E-state index contributed by atoms with van der Waals surface area (Å²) in [6, 6.07) is 5.82. The molecule has 5 nitrogen and oxygen atoms in total. The Morgan fingerprint density at radius 3 is 2.73 bits per heavy atom. The van der Waals surface area contributed by atoms with E-state index < -0.39 is 0 Å². The van der Waals surface area contributed by atoms with Crippen LogP contribution in [0, 0.1) is 11.7 Å². The van der Waals surface area contributed by atoms with Gasteiger partial charge in [0, 0.05) is 12.0 Å². The number of aromatic nitrogens is 2. The molecule has 0 aliphatic heterocycles. The Labute approximate surface area is 127 Å². The van der Waals surface area contributed by atoms with Gasteiger partial charge in [-0.3, -0.25) is 4.79 Å². The van der Waals surface area contributed by atoms with Crippen LogP contribution in [0.1, 0.15) is 37.9 Å². The maximum atomic E-state index is 12.9. The van der Waals surface area contributed by atoms with E-state index in [-0.39, 0.29) is 18.3 Å². The van der Waals surface area contributed by atoms with Crippen molar-refractivity contribution in [2.75, 3.05) is 0 Å². The minimum atomic E-state index is -0.317. The van der Waals surface area contributed by atoms with Gasteiger partial charge in [0.1, 0.15) is 5.82 Å².